The summed E-state index contributed by atoms with van der Waals surface area (Å²) in [6, 6.07) is 13.9. The van der Waals surface area contributed by atoms with Gasteiger partial charge < -0.3 is 4.74 Å². The van der Waals surface area contributed by atoms with Gasteiger partial charge in [-0.25, -0.2) is 0 Å². The molecule has 0 unspecified atom stereocenters. The van der Waals surface area contributed by atoms with E-state index >= 15 is 0 Å². The van der Waals surface area contributed by atoms with Gasteiger partial charge in [-0.05, 0) is 0 Å². The molecule has 7 heteroatoms. The van der Waals surface area contributed by atoms with Gasteiger partial charge in [0.05, 0.1) is 5.88 Å². The normalized spacial score (nSPS) is 18.7. The van der Waals surface area contributed by atoms with E-state index in [1.807, 2.05) is 22.9 Å². The van der Waals surface area contributed by atoms with Crippen molar-refractivity contribution < 1.29 is 9.47 Å². The molecule has 1 fully saturated rings. The minimum Gasteiger partial charge on any atom is -0.489 e. The quantitative estimate of drug-likeness (QED) is 0.388. The molecule has 1 heterocycles. The first-order chi connectivity index (χ1) is 14.1. The minimum absolute atomic E-state index is 0.298. The van der Waals surface area contributed by atoms with Crippen LogP contribution in [0, 0.1) is 11.3 Å². The summed E-state index contributed by atoms with van der Waals surface area (Å²) in [6.07, 6.45) is 5.93. The van der Waals surface area contributed by atoms with Crippen molar-refractivity contribution in [3.05, 3.63) is 53.2 Å². The van der Waals surface area contributed by atoms with E-state index in [-0.39, 0.29) is 0 Å². The molecule has 29 heavy (non-hydrogen) atoms. The number of nitriles is 1. The second-order valence-corrected chi connectivity index (χ2v) is 10.6. The van der Waals surface area contributed by atoms with Crippen LogP contribution in [0.2, 0.25) is 8.70 Å². The van der Waals surface area contributed by atoms with E-state index < -0.39 is 0 Å². The van der Waals surface area contributed by atoms with Crippen LogP contribution in [0.5, 0.6) is 11.5 Å². The van der Waals surface area contributed by atoms with Gasteiger partial charge >= 0.3 is 138 Å². The van der Waals surface area contributed by atoms with Crippen molar-refractivity contribution in [3.63, 3.8) is 0 Å². The summed E-state index contributed by atoms with van der Waals surface area (Å²) in [5.41, 5.74) is 2.22. The maximum absolute atomic E-state index is 9.52. The smallest absolute Gasteiger partial charge is 0.489 e. The second-order valence-electron chi connectivity index (χ2n) is 7.17. The van der Waals surface area contributed by atoms with Crippen molar-refractivity contribution in [2.45, 2.75) is 29.0 Å². The Morgan fingerprint density at radius 2 is 2.07 bits per heavy atom. The SMILES string of the molecule is N#Cc1cc(-n2ccc3cc(O[C@@H]4CC[C@H]([In])C4)ccc32)cc(Cl)c1OCCCl. The number of benzene rings is 2. The molecule has 4 rings (SSSR count). The summed E-state index contributed by atoms with van der Waals surface area (Å²) < 4.78 is 14.6. The maximum atomic E-state index is 9.52. The van der Waals surface area contributed by atoms with Crippen LogP contribution >= 0.6 is 23.2 Å². The number of ether oxygens (including phenoxy) is 2. The van der Waals surface area contributed by atoms with E-state index in [1.165, 1.54) is 37.2 Å². The third kappa shape index (κ3) is 4.50. The molecule has 0 amide bonds. The van der Waals surface area contributed by atoms with Gasteiger partial charge in [-0.15, -0.1) is 11.6 Å². The van der Waals surface area contributed by atoms with Crippen LogP contribution < -0.4 is 9.47 Å². The molecule has 0 saturated heterocycles. The molecule has 146 valence electrons. The zero-order valence-corrected chi connectivity index (χ0v) is 20.6. The Balaban J connectivity index is 1.64. The molecule has 1 aromatic heterocycles. The number of halogens is 2. The summed E-state index contributed by atoms with van der Waals surface area (Å²) in [7, 11) is 0. The van der Waals surface area contributed by atoms with Crippen LogP contribution in [0.15, 0.2) is 42.6 Å². The van der Waals surface area contributed by atoms with Gasteiger partial charge in [-0.3, -0.25) is 0 Å². The molecule has 2 radical (unpaired) electrons. The van der Waals surface area contributed by atoms with Crippen LogP contribution in [0.25, 0.3) is 16.6 Å². The number of nitrogens with zero attached hydrogens (tertiary/aromatic N) is 2. The van der Waals surface area contributed by atoms with Crippen molar-refractivity contribution in [2.24, 2.45) is 0 Å². The Bertz CT molecular complexity index is 1080. The van der Waals surface area contributed by atoms with E-state index in [1.54, 1.807) is 12.1 Å². The summed E-state index contributed by atoms with van der Waals surface area (Å²) in [4.78, 5) is 0. The van der Waals surface area contributed by atoms with Gasteiger partial charge in [0.15, 0.2) is 5.75 Å². The van der Waals surface area contributed by atoms with Crippen LogP contribution in [0.4, 0.5) is 0 Å². The number of alkyl halides is 1. The van der Waals surface area contributed by atoms with Gasteiger partial charge in [0.1, 0.15) is 12.7 Å². The molecular formula is C22H19Cl2InN2O2. The van der Waals surface area contributed by atoms with Crippen LogP contribution in [0.3, 0.4) is 0 Å². The number of hydrogen-bond acceptors (Lipinski definition) is 3. The van der Waals surface area contributed by atoms with Gasteiger partial charge in [-0.1, -0.05) is 11.6 Å². The van der Waals surface area contributed by atoms with E-state index in [4.69, 9.17) is 32.7 Å². The predicted molar refractivity (Wildman–Crippen MR) is 117 cm³/mol. The molecule has 2 atom stereocenters. The molecule has 0 bridgehead atoms. The van der Waals surface area contributed by atoms with Crippen molar-refractivity contribution in [1.82, 2.24) is 4.57 Å². The Morgan fingerprint density at radius 3 is 2.79 bits per heavy atom. The fraction of sp³-hybridized carbons (Fsp3) is 0.318. The fourth-order valence-corrected chi connectivity index (χ4v) is 5.54. The first kappa shape index (κ1) is 20.8. The molecule has 1 saturated carbocycles. The van der Waals surface area contributed by atoms with Gasteiger partial charge in [0, 0.05) is 0 Å². The first-order valence-corrected chi connectivity index (χ1v) is 12.4. The topological polar surface area (TPSA) is 47.2 Å². The fourth-order valence-electron chi connectivity index (χ4n) is 3.78. The van der Waals surface area contributed by atoms with Crippen molar-refractivity contribution in [1.29, 1.82) is 5.26 Å². The third-order valence-electron chi connectivity index (χ3n) is 5.14. The first-order valence-electron chi connectivity index (χ1n) is 9.55. The van der Waals surface area contributed by atoms with Crippen LogP contribution in [-0.4, -0.2) is 47.5 Å². The molecule has 1 aliphatic rings. The van der Waals surface area contributed by atoms with Gasteiger partial charge in [0.25, 0.3) is 0 Å². The van der Waals surface area contributed by atoms with Crippen molar-refractivity contribution >= 4 is 58.5 Å². The molecular weight excluding hydrogens is 510 g/mol. The molecule has 0 spiro atoms. The van der Waals surface area contributed by atoms with Crippen LogP contribution in [0.1, 0.15) is 24.8 Å². The zero-order chi connectivity index (χ0) is 20.4. The standard InChI is InChI=1S/C22H19Cl2N2O2.In/c23-8-10-27-22-16(14-25)11-17(13-20(22)24)26-9-7-15-12-19(5-6-21(15)26)28-18-3-1-2-4-18;/h1,5-7,9,11-13,18H,2-4,8,10H2;/t18-;/m0./s1. The Hall–Kier alpha value is -1.48. The van der Waals surface area contributed by atoms with Gasteiger partial charge in [-0.2, -0.15) is 5.26 Å². The van der Waals surface area contributed by atoms with Crippen molar-refractivity contribution in [3.8, 4) is 23.3 Å². The minimum atomic E-state index is 0.298. The number of aromatic nitrogens is 1. The molecule has 3 aromatic rings. The van der Waals surface area contributed by atoms with Crippen molar-refractivity contribution in [2.75, 3.05) is 12.5 Å². The number of rotatable bonds is 6. The molecule has 0 aliphatic heterocycles. The van der Waals surface area contributed by atoms with Gasteiger partial charge in [0.2, 0.25) is 0 Å². The molecule has 2 aromatic carbocycles. The Morgan fingerprint density at radius 1 is 1.21 bits per heavy atom. The predicted octanol–water partition coefficient (Wildman–Crippen LogP) is 5.66. The summed E-state index contributed by atoms with van der Waals surface area (Å²) >= 11 is 13.4. The van der Waals surface area contributed by atoms with Crippen LogP contribution in [-0.2, 0) is 0 Å². The average Bonchev–Trinajstić information content (AvgIpc) is 3.32. The molecule has 4 nitrogen and oxygen atoms in total. The number of hydrogen-bond donors (Lipinski definition) is 0. The molecule has 0 N–H and O–H groups in total. The zero-order valence-electron chi connectivity index (χ0n) is 15.8. The summed E-state index contributed by atoms with van der Waals surface area (Å²) in [6.45, 7) is 0.298. The van der Waals surface area contributed by atoms with E-state index in [0.717, 1.165) is 32.4 Å². The second kappa shape index (κ2) is 9.12. The Kier molecular flexibility index (Phi) is 6.53. The number of fused-ring (bicyclic) bond motifs is 1. The average molecular weight is 529 g/mol. The monoisotopic (exact) mass is 528 g/mol. The van der Waals surface area contributed by atoms with E-state index in [0.29, 0.717) is 34.9 Å². The van der Waals surface area contributed by atoms with E-state index in [2.05, 4.69) is 18.2 Å². The summed E-state index contributed by atoms with van der Waals surface area (Å²) in [5, 5.41) is 11.0. The molecule has 1 aliphatic carbocycles. The van der Waals surface area contributed by atoms with E-state index in [9.17, 15) is 5.26 Å². The summed E-state index contributed by atoms with van der Waals surface area (Å²) in [5.74, 6) is 1.62. The third-order valence-corrected chi connectivity index (χ3v) is 7.30. The Labute approximate surface area is 194 Å².